The summed E-state index contributed by atoms with van der Waals surface area (Å²) in [7, 11) is 2.37. The fourth-order valence-electron chi connectivity index (χ4n) is 6.66. The lowest BCUT2D eigenvalue weighted by atomic mass is 9.73. The molecule has 0 spiro atoms. The van der Waals surface area contributed by atoms with Gasteiger partial charge in [-0.05, 0) is 50.4 Å². The maximum absolute atomic E-state index is 12.8. The molecule has 1 aliphatic carbocycles. The van der Waals surface area contributed by atoms with Crippen LogP contribution in [0.15, 0.2) is 18.2 Å². The van der Waals surface area contributed by atoms with Crippen molar-refractivity contribution in [3.63, 3.8) is 0 Å². The predicted octanol–water partition coefficient (Wildman–Crippen LogP) is 3.30. The molecule has 2 saturated heterocycles. The lowest BCUT2D eigenvalue weighted by Crippen LogP contribution is -2.57. The summed E-state index contributed by atoms with van der Waals surface area (Å²) in [6.45, 7) is 14.7. The Kier molecular flexibility index (Phi) is 6.62. The molecule has 0 saturated carbocycles. The van der Waals surface area contributed by atoms with Gasteiger partial charge in [0.25, 0.3) is 0 Å². The molecule has 2 fully saturated rings. The Balaban J connectivity index is 1.46. The van der Waals surface area contributed by atoms with Crippen molar-refractivity contribution in [3.05, 3.63) is 35.0 Å². The van der Waals surface area contributed by atoms with Crippen LogP contribution < -0.4 is 5.32 Å². The van der Waals surface area contributed by atoms with Gasteiger partial charge < -0.3 is 24.4 Å². The second-order valence-electron chi connectivity index (χ2n) is 10.7. The number of carbonyl (C=O) groups is 1. The van der Waals surface area contributed by atoms with Crippen molar-refractivity contribution in [2.45, 2.75) is 58.2 Å². The highest BCUT2D eigenvalue weighted by Crippen LogP contribution is 2.45. The van der Waals surface area contributed by atoms with Crippen molar-refractivity contribution in [2.24, 2.45) is 0 Å². The second kappa shape index (κ2) is 9.51. The standard InChI is InChI=1S/C27H41N5O2/c1-5-30(6-2)27(33)28-19-15-21-20-9-8-10-23-26(20)22(16-25(21)31(7-3)17-19)24(29-23)18-32(4)11-13-34-14-12-32/h8-10,19,21,25,29H,5-7,11-18H2,1-4H3/p+1/t19?,21-,25-/m1/s1. The van der Waals surface area contributed by atoms with Gasteiger partial charge in [0.05, 0.1) is 26.0 Å². The molecule has 2 aliphatic heterocycles. The topological polar surface area (TPSA) is 60.6 Å². The van der Waals surface area contributed by atoms with Crippen molar-refractivity contribution in [2.75, 3.05) is 59.5 Å². The molecule has 1 unspecified atom stereocenters. The molecule has 3 aliphatic rings. The molecule has 5 rings (SSSR count). The molecular weight excluding hydrogens is 426 g/mol. The zero-order chi connectivity index (χ0) is 23.9. The van der Waals surface area contributed by atoms with Gasteiger partial charge in [0.15, 0.2) is 0 Å². The number of amides is 2. The summed E-state index contributed by atoms with van der Waals surface area (Å²) in [5.74, 6) is 0.448. The van der Waals surface area contributed by atoms with Crippen LogP contribution in [0.25, 0.3) is 10.9 Å². The summed E-state index contributed by atoms with van der Waals surface area (Å²) in [4.78, 5) is 21.2. The highest BCUT2D eigenvalue weighted by atomic mass is 16.5. The van der Waals surface area contributed by atoms with Crippen LogP contribution in [0, 0.1) is 0 Å². The summed E-state index contributed by atoms with van der Waals surface area (Å²) in [5.41, 5.74) is 5.69. The molecule has 0 bridgehead atoms. The molecule has 3 heterocycles. The van der Waals surface area contributed by atoms with Gasteiger partial charge in [-0.25, -0.2) is 4.79 Å². The van der Waals surface area contributed by atoms with Gasteiger partial charge >= 0.3 is 6.03 Å². The Labute approximate surface area is 204 Å². The first-order valence-corrected chi connectivity index (χ1v) is 13.3. The number of piperidine rings is 1. The number of ether oxygens (including phenoxy) is 1. The van der Waals surface area contributed by atoms with Crippen LogP contribution in [0.5, 0.6) is 0 Å². The van der Waals surface area contributed by atoms with Crippen molar-refractivity contribution in [1.29, 1.82) is 0 Å². The van der Waals surface area contributed by atoms with Crippen molar-refractivity contribution in [1.82, 2.24) is 20.1 Å². The third kappa shape index (κ3) is 4.23. The molecule has 1 aromatic carbocycles. The number of benzene rings is 1. The molecule has 34 heavy (non-hydrogen) atoms. The van der Waals surface area contributed by atoms with E-state index in [0.29, 0.717) is 12.0 Å². The maximum Gasteiger partial charge on any atom is 0.317 e. The number of aromatic nitrogens is 1. The van der Waals surface area contributed by atoms with E-state index in [0.717, 1.165) is 76.4 Å². The van der Waals surface area contributed by atoms with Crippen LogP contribution in [0.1, 0.15) is 49.9 Å². The minimum Gasteiger partial charge on any atom is -0.370 e. The van der Waals surface area contributed by atoms with Gasteiger partial charge in [0.1, 0.15) is 19.6 Å². The van der Waals surface area contributed by atoms with E-state index in [1.807, 2.05) is 18.7 Å². The lowest BCUT2D eigenvalue weighted by Gasteiger charge is -2.47. The normalized spacial score (nSPS) is 26.3. The number of likely N-dealkylation sites (N-methyl/N-ethyl adjacent to an activating group) is 2. The lowest BCUT2D eigenvalue weighted by molar-refractivity contribution is -0.929. The summed E-state index contributed by atoms with van der Waals surface area (Å²) in [5, 5.41) is 4.81. The van der Waals surface area contributed by atoms with Gasteiger partial charge in [-0.2, -0.15) is 0 Å². The minimum atomic E-state index is 0.0746. The Hall–Kier alpha value is -2.09. The van der Waals surface area contributed by atoms with Gasteiger partial charge in [-0.3, -0.25) is 4.90 Å². The van der Waals surface area contributed by atoms with E-state index in [4.69, 9.17) is 4.74 Å². The van der Waals surface area contributed by atoms with Gasteiger partial charge in [0, 0.05) is 48.5 Å². The molecule has 7 heteroatoms. The molecule has 0 radical (unpaired) electrons. The summed E-state index contributed by atoms with van der Waals surface area (Å²) >= 11 is 0. The number of hydrogen-bond donors (Lipinski definition) is 2. The average Bonchev–Trinajstić information content (AvgIpc) is 3.17. The van der Waals surface area contributed by atoms with Crippen LogP contribution in [-0.2, 0) is 17.7 Å². The number of nitrogens with one attached hydrogen (secondary N) is 2. The van der Waals surface area contributed by atoms with E-state index < -0.39 is 0 Å². The van der Waals surface area contributed by atoms with Crippen molar-refractivity contribution >= 4 is 16.9 Å². The summed E-state index contributed by atoms with van der Waals surface area (Å²) in [6, 6.07) is 7.55. The fourth-order valence-corrected chi connectivity index (χ4v) is 6.66. The van der Waals surface area contributed by atoms with Gasteiger partial charge in [-0.15, -0.1) is 0 Å². The molecule has 186 valence electrons. The molecular formula is C27H42N5O2+. The zero-order valence-corrected chi connectivity index (χ0v) is 21.4. The number of hydrogen-bond acceptors (Lipinski definition) is 3. The van der Waals surface area contributed by atoms with E-state index in [2.05, 4.69) is 47.4 Å². The summed E-state index contributed by atoms with van der Waals surface area (Å²) < 4.78 is 6.69. The number of aromatic amines is 1. The van der Waals surface area contributed by atoms with Crippen LogP contribution >= 0.6 is 0 Å². The van der Waals surface area contributed by atoms with E-state index >= 15 is 0 Å². The van der Waals surface area contributed by atoms with Crippen LogP contribution in [0.4, 0.5) is 4.79 Å². The molecule has 3 atom stereocenters. The number of likely N-dealkylation sites (tertiary alicyclic amines) is 1. The number of rotatable bonds is 6. The molecule has 2 N–H and O–H groups in total. The second-order valence-corrected chi connectivity index (χ2v) is 10.7. The monoisotopic (exact) mass is 468 g/mol. The van der Waals surface area contributed by atoms with E-state index in [9.17, 15) is 4.79 Å². The van der Waals surface area contributed by atoms with E-state index in [1.165, 1.54) is 27.7 Å². The zero-order valence-electron chi connectivity index (χ0n) is 21.4. The number of fused-ring (bicyclic) bond motifs is 2. The fraction of sp³-hybridized carbons (Fsp3) is 0.667. The quantitative estimate of drug-likeness (QED) is 0.640. The average molecular weight is 469 g/mol. The molecule has 1 aromatic heterocycles. The molecule has 7 nitrogen and oxygen atoms in total. The molecule has 2 aromatic rings. The van der Waals surface area contributed by atoms with Crippen molar-refractivity contribution in [3.8, 4) is 0 Å². The first-order valence-electron chi connectivity index (χ1n) is 13.3. The largest absolute Gasteiger partial charge is 0.370 e. The Morgan fingerprint density at radius 3 is 2.71 bits per heavy atom. The SMILES string of the molecule is CCN(CC)C(=O)NC1C[C@@H]2c3cccc4[nH]c(C[N+]5(C)CCOCC5)c(c34)C[C@H]2N(CC)C1. The number of H-pyrrole nitrogens is 1. The number of morpholine rings is 1. The van der Waals surface area contributed by atoms with E-state index in [1.54, 1.807) is 0 Å². The maximum atomic E-state index is 12.8. The minimum absolute atomic E-state index is 0.0746. The number of quaternary nitrogens is 1. The third-order valence-corrected chi connectivity index (χ3v) is 8.66. The smallest absolute Gasteiger partial charge is 0.317 e. The van der Waals surface area contributed by atoms with Crippen LogP contribution in [0.3, 0.4) is 0 Å². The highest BCUT2D eigenvalue weighted by molar-refractivity contribution is 5.89. The van der Waals surface area contributed by atoms with Gasteiger partial charge in [-0.1, -0.05) is 19.1 Å². The van der Waals surface area contributed by atoms with Crippen LogP contribution in [-0.4, -0.2) is 96.9 Å². The first kappa shape index (κ1) is 23.6. The highest BCUT2D eigenvalue weighted by Gasteiger charge is 2.42. The number of urea groups is 1. The number of carbonyl (C=O) groups excluding carboxylic acids is 1. The molecule has 2 amide bonds. The third-order valence-electron chi connectivity index (χ3n) is 8.66. The van der Waals surface area contributed by atoms with E-state index in [-0.39, 0.29) is 12.1 Å². The Bertz CT molecular complexity index is 1020. The van der Waals surface area contributed by atoms with Crippen LogP contribution in [0.2, 0.25) is 0 Å². The Morgan fingerprint density at radius 2 is 2.00 bits per heavy atom. The number of nitrogens with zero attached hydrogens (tertiary/aromatic N) is 3. The summed E-state index contributed by atoms with van der Waals surface area (Å²) in [6.07, 6.45) is 2.11. The Morgan fingerprint density at radius 1 is 1.24 bits per heavy atom. The first-order chi connectivity index (χ1) is 16.5. The van der Waals surface area contributed by atoms with Gasteiger partial charge in [0.2, 0.25) is 0 Å². The van der Waals surface area contributed by atoms with Crippen molar-refractivity contribution < 1.29 is 14.0 Å². The predicted molar refractivity (Wildman–Crippen MR) is 136 cm³/mol.